The summed E-state index contributed by atoms with van der Waals surface area (Å²) in [6, 6.07) is 6.00. The van der Waals surface area contributed by atoms with Crippen molar-refractivity contribution in [3.63, 3.8) is 0 Å². The fourth-order valence-corrected chi connectivity index (χ4v) is 2.85. The third kappa shape index (κ3) is 4.52. The summed E-state index contributed by atoms with van der Waals surface area (Å²) < 4.78 is 0. The van der Waals surface area contributed by atoms with Crippen LogP contribution in [0.1, 0.15) is 5.56 Å². The Balaban J connectivity index is 1.83. The van der Waals surface area contributed by atoms with E-state index in [2.05, 4.69) is 28.1 Å². The van der Waals surface area contributed by atoms with Gasteiger partial charge in [0.05, 0.1) is 0 Å². The van der Waals surface area contributed by atoms with E-state index >= 15 is 0 Å². The number of nitrogens with one attached hydrogen (secondary N) is 1. The van der Waals surface area contributed by atoms with E-state index < -0.39 is 0 Å². The van der Waals surface area contributed by atoms with Crippen molar-refractivity contribution >= 4 is 23.3 Å². The van der Waals surface area contributed by atoms with Gasteiger partial charge in [0.2, 0.25) is 0 Å². The van der Waals surface area contributed by atoms with E-state index in [1.165, 1.54) is 11.3 Å². The highest BCUT2D eigenvalue weighted by Crippen LogP contribution is 2.24. The molecule has 6 heteroatoms. The van der Waals surface area contributed by atoms with Crippen LogP contribution in [0, 0.1) is 6.92 Å². The lowest BCUT2D eigenvalue weighted by atomic mass is 10.1. The molecule has 0 radical (unpaired) electrons. The van der Waals surface area contributed by atoms with Crippen LogP contribution < -0.4 is 10.2 Å². The Labute approximate surface area is 137 Å². The molecule has 0 atom stereocenters. The molecule has 1 N–H and O–H groups in total. The van der Waals surface area contributed by atoms with E-state index in [9.17, 15) is 4.79 Å². The van der Waals surface area contributed by atoms with Crippen molar-refractivity contribution < 1.29 is 4.79 Å². The maximum absolute atomic E-state index is 12.1. The lowest BCUT2D eigenvalue weighted by molar-refractivity contribution is 0.193. The molecule has 0 aromatic heterocycles. The Kier molecular flexibility index (Phi) is 5.91. The molecule has 1 aromatic rings. The van der Waals surface area contributed by atoms with Gasteiger partial charge in [-0.25, -0.2) is 4.79 Å². The molecule has 1 aliphatic rings. The van der Waals surface area contributed by atoms with Gasteiger partial charge < -0.3 is 20.0 Å². The SMILES string of the molecule is Cc1cc(Cl)ccc1N1CCN(C(=O)NCCN(C)C)CC1. The molecule has 1 aromatic carbocycles. The Morgan fingerprint density at radius 2 is 1.95 bits per heavy atom. The van der Waals surface area contributed by atoms with Crippen LogP contribution in [0.25, 0.3) is 0 Å². The van der Waals surface area contributed by atoms with Crippen LogP contribution in [0.15, 0.2) is 18.2 Å². The van der Waals surface area contributed by atoms with Crippen molar-refractivity contribution in [1.82, 2.24) is 15.1 Å². The van der Waals surface area contributed by atoms with Gasteiger partial charge in [-0.15, -0.1) is 0 Å². The van der Waals surface area contributed by atoms with Crippen molar-refractivity contribution in [2.24, 2.45) is 0 Å². The number of rotatable bonds is 4. The standard InChI is InChI=1S/C16H25ClN4O/c1-13-12-14(17)4-5-15(13)20-8-10-21(11-9-20)16(22)18-6-7-19(2)3/h4-5,12H,6-11H2,1-3H3,(H,18,22). The third-order valence-electron chi connectivity index (χ3n) is 3.90. The molecule has 0 aliphatic carbocycles. The van der Waals surface area contributed by atoms with Gasteiger partial charge in [0.15, 0.2) is 0 Å². The molecule has 5 nitrogen and oxygen atoms in total. The minimum atomic E-state index is 0.0364. The number of urea groups is 1. The summed E-state index contributed by atoms with van der Waals surface area (Å²) >= 11 is 6.01. The number of piperazine rings is 1. The number of anilines is 1. The van der Waals surface area contributed by atoms with E-state index in [1.807, 2.05) is 31.1 Å². The minimum absolute atomic E-state index is 0.0364. The average molecular weight is 325 g/mol. The summed E-state index contributed by atoms with van der Waals surface area (Å²) in [4.78, 5) is 18.4. The molecule has 1 heterocycles. The molecule has 0 bridgehead atoms. The molecule has 0 spiro atoms. The first kappa shape index (κ1) is 16.9. The molecule has 1 saturated heterocycles. The second kappa shape index (κ2) is 7.70. The van der Waals surface area contributed by atoms with Crippen molar-refractivity contribution in [2.45, 2.75) is 6.92 Å². The molecule has 1 aliphatic heterocycles. The van der Waals surface area contributed by atoms with E-state index in [-0.39, 0.29) is 6.03 Å². The van der Waals surface area contributed by atoms with Gasteiger partial charge in [0.25, 0.3) is 0 Å². The predicted octanol–water partition coefficient (Wildman–Crippen LogP) is 2.04. The van der Waals surface area contributed by atoms with Gasteiger partial charge in [0, 0.05) is 50.0 Å². The van der Waals surface area contributed by atoms with Crippen LogP contribution in [-0.2, 0) is 0 Å². The quantitative estimate of drug-likeness (QED) is 0.921. The summed E-state index contributed by atoms with van der Waals surface area (Å²) in [5.41, 5.74) is 2.38. The smallest absolute Gasteiger partial charge is 0.317 e. The molecule has 2 amide bonds. The molecule has 2 rings (SSSR count). The second-order valence-corrected chi connectivity index (χ2v) is 6.38. The van der Waals surface area contributed by atoms with Crippen LogP contribution in [0.5, 0.6) is 0 Å². The van der Waals surface area contributed by atoms with Crippen molar-refractivity contribution in [3.8, 4) is 0 Å². The topological polar surface area (TPSA) is 38.8 Å². The monoisotopic (exact) mass is 324 g/mol. The summed E-state index contributed by atoms with van der Waals surface area (Å²) in [6.07, 6.45) is 0. The molecule has 1 fully saturated rings. The summed E-state index contributed by atoms with van der Waals surface area (Å²) in [5.74, 6) is 0. The molecular weight excluding hydrogens is 300 g/mol. The summed E-state index contributed by atoms with van der Waals surface area (Å²) in [7, 11) is 4.00. The van der Waals surface area contributed by atoms with Crippen LogP contribution in [-0.4, -0.2) is 69.2 Å². The fourth-order valence-electron chi connectivity index (χ4n) is 2.62. The van der Waals surface area contributed by atoms with Crippen molar-refractivity contribution in [3.05, 3.63) is 28.8 Å². The highest BCUT2D eigenvalue weighted by atomic mass is 35.5. The Morgan fingerprint density at radius 3 is 2.55 bits per heavy atom. The zero-order chi connectivity index (χ0) is 16.1. The number of likely N-dealkylation sites (N-methyl/N-ethyl adjacent to an activating group) is 1. The molecule has 22 heavy (non-hydrogen) atoms. The van der Waals surface area contributed by atoms with Crippen LogP contribution in [0.4, 0.5) is 10.5 Å². The Bertz CT molecular complexity index is 513. The van der Waals surface area contributed by atoms with Gasteiger partial charge in [0.1, 0.15) is 0 Å². The molecule has 0 saturated carbocycles. The highest BCUT2D eigenvalue weighted by Gasteiger charge is 2.21. The lowest BCUT2D eigenvalue weighted by Gasteiger charge is -2.36. The summed E-state index contributed by atoms with van der Waals surface area (Å²) in [5, 5.41) is 3.73. The van der Waals surface area contributed by atoms with Crippen LogP contribution in [0.2, 0.25) is 5.02 Å². The van der Waals surface area contributed by atoms with Gasteiger partial charge in [-0.05, 0) is 44.8 Å². The number of amides is 2. The minimum Gasteiger partial charge on any atom is -0.368 e. The number of nitrogens with zero attached hydrogens (tertiary/aromatic N) is 3. The Hall–Kier alpha value is -1.46. The van der Waals surface area contributed by atoms with Gasteiger partial charge in [-0.3, -0.25) is 0 Å². The van der Waals surface area contributed by atoms with Crippen molar-refractivity contribution in [1.29, 1.82) is 0 Å². The first-order valence-electron chi connectivity index (χ1n) is 7.66. The average Bonchev–Trinajstić information content (AvgIpc) is 2.47. The number of benzene rings is 1. The zero-order valence-electron chi connectivity index (χ0n) is 13.6. The molecule has 0 unspecified atom stereocenters. The maximum atomic E-state index is 12.1. The predicted molar refractivity (Wildman–Crippen MR) is 91.9 cm³/mol. The fraction of sp³-hybridized carbons (Fsp3) is 0.562. The van der Waals surface area contributed by atoms with Gasteiger partial charge in [-0.1, -0.05) is 11.6 Å². The molecule has 122 valence electrons. The van der Waals surface area contributed by atoms with Gasteiger partial charge >= 0.3 is 6.03 Å². The maximum Gasteiger partial charge on any atom is 0.317 e. The summed E-state index contributed by atoms with van der Waals surface area (Å²) in [6.45, 7) is 6.80. The lowest BCUT2D eigenvalue weighted by Crippen LogP contribution is -2.52. The number of hydrogen-bond donors (Lipinski definition) is 1. The van der Waals surface area contributed by atoms with E-state index in [0.29, 0.717) is 6.54 Å². The number of halogens is 1. The zero-order valence-corrected chi connectivity index (χ0v) is 14.4. The van der Waals surface area contributed by atoms with Crippen molar-refractivity contribution in [2.75, 3.05) is 58.3 Å². The second-order valence-electron chi connectivity index (χ2n) is 5.94. The number of aryl methyl sites for hydroxylation is 1. The van der Waals surface area contributed by atoms with Gasteiger partial charge in [-0.2, -0.15) is 0 Å². The van der Waals surface area contributed by atoms with E-state index in [4.69, 9.17) is 11.6 Å². The number of carbonyl (C=O) groups excluding carboxylic acids is 1. The largest absolute Gasteiger partial charge is 0.368 e. The van der Waals surface area contributed by atoms with E-state index in [0.717, 1.165) is 37.7 Å². The van der Waals surface area contributed by atoms with Crippen LogP contribution in [0.3, 0.4) is 0 Å². The number of hydrogen-bond acceptors (Lipinski definition) is 3. The van der Waals surface area contributed by atoms with E-state index in [1.54, 1.807) is 0 Å². The highest BCUT2D eigenvalue weighted by molar-refractivity contribution is 6.30. The van der Waals surface area contributed by atoms with Crippen LogP contribution >= 0.6 is 11.6 Å². The number of carbonyl (C=O) groups is 1. The first-order valence-corrected chi connectivity index (χ1v) is 8.04. The molecular formula is C16H25ClN4O. The normalized spacial score (nSPS) is 15.3. The Morgan fingerprint density at radius 1 is 1.27 bits per heavy atom. The first-order chi connectivity index (χ1) is 10.5. The third-order valence-corrected chi connectivity index (χ3v) is 4.14.